The average molecular weight is 406 g/mol. The van der Waals surface area contributed by atoms with Gasteiger partial charge in [-0.3, -0.25) is 9.59 Å². The first kappa shape index (κ1) is 20.4. The number of Topliss-reactive ketones (excluding diaryl/α,β-unsaturated/α-hetero) is 1. The van der Waals surface area contributed by atoms with Gasteiger partial charge in [-0.2, -0.15) is 0 Å². The maximum absolute atomic E-state index is 13.0. The first-order valence-corrected chi connectivity index (χ1v) is 9.37. The lowest BCUT2D eigenvalue weighted by molar-refractivity contribution is -0.117. The summed E-state index contributed by atoms with van der Waals surface area (Å²) in [4.78, 5) is 26.6. The number of carbonyl (C=O) groups is 2. The van der Waals surface area contributed by atoms with Gasteiger partial charge in [0, 0.05) is 29.3 Å². The van der Waals surface area contributed by atoms with E-state index in [4.69, 9.17) is 25.8 Å². The second-order valence-corrected chi connectivity index (χ2v) is 8.03. The lowest BCUT2D eigenvalue weighted by Gasteiger charge is -2.39. The standard InChI is InChI=1S/C21H24ClNO5/c1-21(2)9-17-15(18(24)10-21)7-13(20(22)25)11-28-12-23(17)16-8-14(26-3)5-6-19(16)27-4/h5-8H,9-12H2,1-4H3/b13-7+. The third-order valence-electron chi connectivity index (χ3n) is 4.95. The summed E-state index contributed by atoms with van der Waals surface area (Å²) in [5, 5.41) is -0.614. The van der Waals surface area contributed by atoms with Crippen LogP contribution in [0, 0.1) is 5.41 Å². The summed E-state index contributed by atoms with van der Waals surface area (Å²) >= 11 is 5.69. The molecule has 6 nitrogen and oxygen atoms in total. The molecule has 1 aliphatic heterocycles. The molecular weight excluding hydrogens is 382 g/mol. The number of benzene rings is 1. The van der Waals surface area contributed by atoms with Crippen LogP contribution in [0.4, 0.5) is 5.69 Å². The van der Waals surface area contributed by atoms with Crippen LogP contribution in [0.2, 0.25) is 0 Å². The third-order valence-corrected chi connectivity index (χ3v) is 5.19. The maximum Gasteiger partial charge on any atom is 0.250 e. The molecule has 0 bridgehead atoms. The lowest BCUT2D eigenvalue weighted by atomic mass is 9.75. The van der Waals surface area contributed by atoms with Crippen molar-refractivity contribution in [2.75, 3.05) is 32.5 Å². The molecule has 1 heterocycles. The summed E-state index contributed by atoms with van der Waals surface area (Å²) in [5.74, 6) is 1.27. The van der Waals surface area contributed by atoms with Gasteiger partial charge >= 0.3 is 0 Å². The summed E-state index contributed by atoms with van der Waals surface area (Å²) in [6, 6.07) is 5.47. The fraction of sp³-hybridized carbons (Fsp3) is 0.429. The molecule has 7 heteroatoms. The quantitative estimate of drug-likeness (QED) is 0.709. The fourth-order valence-corrected chi connectivity index (χ4v) is 3.69. The van der Waals surface area contributed by atoms with E-state index in [9.17, 15) is 9.59 Å². The largest absolute Gasteiger partial charge is 0.497 e. The van der Waals surface area contributed by atoms with Crippen molar-refractivity contribution in [3.05, 3.63) is 41.1 Å². The van der Waals surface area contributed by atoms with Crippen molar-refractivity contribution in [3.8, 4) is 11.5 Å². The van der Waals surface area contributed by atoms with Crippen LogP contribution in [0.3, 0.4) is 0 Å². The Morgan fingerprint density at radius 3 is 2.61 bits per heavy atom. The second kappa shape index (κ2) is 7.97. The van der Waals surface area contributed by atoms with E-state index < -0.39 is 5.24 Å². The lowest BCUT2D eigenvalue weighted by Crippen LogP contribution is -2.37. The Balaban J connectivity index is 2.22. The molecule has 3 rings (SSSR count). The van der Waals surface area contributed by atoms with E-state index in [0.29, 0.717) is 29.9 Å². The first-order chi connectivity index (χ1) is 13.3. The van der Waals surface area contributed by atoms with Crippen LogP contribution in [-0.2, 0) is 14.3 Å². The van der Waals surface area contributed by atoms with E-state index in [0.717, 1.165) is 11.4 Å². The summed E-state index contributed by atoms with van der Waals surface area (Å²) in [6.07, 6.45) is 2.61. The minimum atomic E-state index is -0.614. The van der Waals surface area contributed by atoms with E-state index in [-0.39, 0.29) is 30.1 Å². The molecular formula is C21H24ClNO5. The molecule has 0 atom stereocenters. The second-order valence-electron chi connectivity index (χ2n) is 7.69. The van der Waals surface area contributed by atoms with Gasteiger partial charge in [0.15, 0.2) is 5.78 Å². The molecule has 1 aromatic rings. The van der Waals surface area contributed by atoms with E-state index in [1.54, 1.807) is 20.3 Å². The smallest absolute Gasteiger partial charge is 0.250 e. The van der Waals surface area contributed by atoms with Gasteiger partial charge in [-0.15, -0.1) is 0 Å². The number of ketones is 1. The number of rotatable bonds is 4. The molecule has 1 aromatic carbocycles. The van der Waals surface area contributed by atoms with Gasteiger partial charge in [0.25, 0.3) is 5.24 Å². The average Bonchev–Trinajstić information content (AvgIpc) is 2.62. The molecule has 28 heavy (non-hydrogen) atoms. The Morgan fingerprint density at radius 2 is 1.96 bits per heavy atom. The number of methoxy groups -OCH3 is 2. The van der Waals surface area contributed by atoms with Gasteiger partial charge in [-0.1, -0.05) is 13.8 Å². The van der Waals surface area contributed by atoms with Gasteiger partial charge in [0.05, 0.1) is 26.5 Å². The predicted molar refractivity (Wildman–Crippen MR) is 107 cm³/mol. The monoisotopic (exact) mass is 405 g/mol. The van der Waals surface area contributed by atoms with Crippen molar-refractivity contribution in [2.24, 2.45) is 5.41 Å². The molecule has 0 unspecified atom stereocenters. The Morgan fingerprint density at radius 1 is 1.21 bits per heavy atom. The van der Waals surface area contributed by atoms with Gasteiger partial charge in [0.1, 0.15) is 18.2 Å². The van der Waals surface area contributed by atoms with Crippen LogP contribution in [-0.4, -0.2) is 38.6 Å². The number of hydrogen-bond acceptors (Lipinski definition) is 6. The van der Waals surface area contributed by atoms with E-state index in [1.807, 2.05) is 36.9 Å². The van der Waals surface area contributed by atoms with Crippen LogP contribution in [0.15, 0.2) is 41.1 Å². The highest BCUT2D eigenvalue weighted by Crippen LogP contribution is 2.43. The van der Waals surface area contributed by atoms with E-state index in [1.165, 1.54) is 0 Å². The highest BCUT2D eigenvalue weighted by atomic mass is 35.5. The van der Waals surface area contributed by atoms with E-state index in [2.05, 4.69) is 0 Å². The van der Waals surface area contributed by atoms with Gasteiger partial charge < -0.3 is 19.1 Å². The zero-order valence-electron chi connectivity index (χ0n) is 16.5. The molecule has 2 aliphatic rings. The van der Waals surface area contributed by atoms with Crippen molar-refractivity contribution in [2.45, 2.75) is 26.7 Å². The van der Waals surface area contributed by atoms with Crippen LogP contribution in [0.1, 0.15) is 26.7 Å². The Bertz CT molecular complexity index is 872. The number of ether oxygens (including phenoxy) is 3. The summed E-state index contributed by atoms with van der Waals surface area (Å²) in [5.41, 5.74) is 2.06. The highest BCUT2D eigenvalue weighted by molar-refractivity contribution is 6.67. The van der Waals surface area contributed by atoms with Crippen molar-refractivity contribution in [3.63, 3.8) is 0 Å². The zero-order chi connectivity index (χ0) is 20.5. The summed E-state index contributed by atoms with van der Waals surface area (Å²) in [6.45, 7) is 4.27. The van der Waals surface area contributed by atoms with Crippen LogP contribution in [0.25, 0.3) is 0 Å². The third kappa shape index (κ3) is 4.08. The van der Waals surface area contributed by atoms with Crippen molar-refractivity contribution < 1.29 is 23.8 Å². The molecule has 0 saturated carbocycles. The van der Waals surface area contributed by atoms with Gasteiger partial charge in [-0.25, -0.2) is 0 Å². The maximum atomic E-state index is 13.0. The topological polar surface area (TPSA) is 65.1 Å². The van der Waals surface area contributed by atoms with Crippen LogP contribution in [0.5, 0.6) is 11.5 Å². The molecule has 0 aromatic heterocycles. The molecule has 0 spiro atoms. The molecule has 1 aliphatic carbocycles. The normalized spacial score (nSPS) is 21.2. The highest BCUT2D eigenvalue weighted by Gasteiger charge is 2.36. The minimum Gasteiger partial charge on any atom is -0.497 e. The minimum absolute atomic E-state index is 0.0181. The fourth-order valence-electron chi connectivity index (χ4n) is 3.58. The van der Waals surface area contributed by atoms with Crippen LogP contribution < -0.4 is 14.4 Å². The Kier molecular flexibility index (Phi) is 5.82. The van der Waals surface area contributed by atoms with Gasteiger partial charge in [0.2, 0.25) is 0 Å². The van der Waals surface area contributed by atoms with E-state index >= 15 is 0 Å². The van der Waals surface area contributed by atoms with Crippen molar-refractivity contribution in [1.29, 1.82) is 0 Å². The number of carbonyl (C=O) groups excluding carboxylic acids is 2. The number of hydrogen-bond donors (Lipinski definition) is 0. The zero-order valence-corrected chi connectivity index (χ0v) is 17.3. The Hall–Kier alpha value is -2.31. The van der Waals surface area contributed by atoms with Crippen LogP contribution >= 0.6 is 11.6 Å². The van der Waals surface area contributed by atoms with Gasteiger partial charge in [-0.05, 0) is 41.6 Å². The summed E-state index contributed by atoms with van der Waals surface area (Å²) < 4.78 is 16.7. The number of anilines is 1. The van der Waals surface area contributed by atoms with Crippen molar-refractivity contribution in [1.82, 2.24) is 0 Å². The molecule has 0 radical (unpaired) electrons. The molecule has 150 valence electrons. The molecule has 0 fully saturated rings. The Labute approximate surface area is 169 Å². The first-order valence-electron chi connectivity index (χ1n) is 9.00. The number of allylic oxidation sites excluding steroid dienone is 3. The number of halogens is 1. The molecule has 0 saturated heterocycles. The molecule has 0 amide bonds. The molecule has 0 N–H and O–H groups in total. The summed E-state index contributed by atoms with van der Waals surface area (Å²) in [7, 11) is 3.18. The number of nitrogens with zero attached hydrogens (tertiary/aromatic N) is 1. The SMILES string of the molecule is COc1ccc(OC)c(N2COC/C(C(=O)Cl)=C\C3=C2CC(C)(C)CC3=O)c1. The van der Waals surface area contributed by atoms with Crippen molar-refractivity contribution >= 4 is 28.3 Å². The predicted octanol–water partition coefficient (Wildman–Crippen LogP) is 3.83.